The SMILES string of the molecule is CC(C)(C)Sc1ccc(C=O)cc1C#N. The average molecular weight is 219 g/mol. The van der Waals surface area contributed by atoms with Gasteiger partial charge in [-0.15, -0.1) is 11.8 Å². The average Bonchev–Trinajstić information content (AvgIpc) is 2.16. The summed E-state index contributed by atoms with van der Waals surface area (Å²) in [6.45, 7) is 6.27. The fourth-order valence-electron chi connectivity index (χ4n) is 1.13. The quantitative estimate of drug-likeness (QED) is 0.566. The Bertz CT molecular complexity index is 413. The van der Waals surface area contributed by atoms with Crippen molar-refractivity contribution in [1.29, 1.82) is 5.26 Å². The predicted octanol–water partition coefficient (Wildman–Crippen LogP) is 3.26. The number of benzene rings is 1. The second kappa shape index (κ2) is 4.50. The maximum Gasteiger partial charge on any atom is 0.150 e. The van der Waals surface area contributed by atoms with Crippen LogP contribution >= 0.6 is 11.8 Å². The monoisotopic (exact) mass is 219 g/mol. The van der Waals surface area contributed by atoms with Crippen molar-refractivity contribution < 1.29 is 4.79 Å². The molecule has 0 aliphatic heterocycles. The van der Waals surface area contributed by atoms with Crippen LogP contribution in [0.15, 0.2) is 23.1 Å². The lowest BCUT2D eigenvalue weighted by atomic mass is 10.1. The normalized spacial score (nSPS) is 10.8. The van der Waals surface area contributed by atoms with Crippen LogP contribution in [-0.4, -0.2) is 11.0 Å². The molecule has 0 aliphatic rings. The first-order chi connectivity index (χ1) is 6.96. The molecule has 3 heteroatoms. The molecule has 0 fully saturated rings. The van der Waals surface area contributed by atoms with E-state index in [-0.39, 0.29) is 4.75 Å². The summed E-state index contributed by atoms with van der Waals surface area (Å²) in [5, 5.41) is 8.96. The molecule has 0 spiro atoms. The Morgan fingerprint density at radius 3 is 2.53 bits per heavy atom. The Morgan fingerprint density at radius 2 is 2.07 bits per heavy atom. The van der Waals surface area contributed by atoms with Gasteiger partial charge in [-0.2, -0.15) is 5.26 Å². The molecule has 1 rings (SSSR count). The van der Waals surface area contributed by atoms with Crippen molar-refractivity contribution in [2.45, 2.75) is 30.4 Å². The van der Waals surface area contributed by atoms with Gasteiger partial charge in [0.1, 0.15) is 12.4 Å². The van der Waals surface area contributed by atoms with E-state index in [1.807, 2.05) is 6.07 Å². The lowest BCUT2D eigenvalue weighted by Gasteiger charge is -2.18. The molecule has 0 aliphatic carbocycles. The van der Waals surface area contributed by atoms with E-state index in [1.54, 1.807) is 23.9 Å². The molecule has 1 aromatic carbocycles. The third-order valence-electron chi connectivity index (χ3n) is 1.68. The molecular weight excluding hydrogens is 206 g/mol. The van der Waals surface area contributed by atoms with Gasteiger partial charge in [-0.05, 0) is 12.1 Å². The van der Waals surface area contributed by atoms with Gasteiger partial charge < -0.3 is 0 Å². The summed E-state index contributed by atoms with van der Waals surface area (Å²) < 4.78 is 0.0638. The zero-order chi connectivity index (χ0) is 11.5. The van der Waals surface area contributed by atoms with Gasteiger partial charge in [0.15, 0.2) is 0 Å². The van der Waals surface area contributed by atoms with Gasteiger partial charge in [0.05, 0.1) is 5.56 Å². The Hall–Kier alpha value is -1.27. The zero-order valence-electron chi connectivity index (χ0n) is 9.07. The van der Waals surface area contributed by atoms with Gasteiger partial charge in [0.2, 0.25) is 0 Å². The molecule has 0 saturated carbocycles. The highest BCUT2D eigenvalue weighted by atomic mass is 32.2. The zero-order valence-corrected chi connectivity index (χ0v) is 9.89. The summed E-state index contributed by atoms with van der Waals surface area (Å²) in [6, 6.07) is 7.31. The van der Waals surface area contributed by atoms with Crippen molar-refractivity contribution in [2.75, 3.05) is 0 Å². The van der Waals surface area contributed by atoms with Crippen LogP contribution in [0.3, 0.4) is 0 Å². The van der Waals surface area contributed by atoms with Crippen LogP contribution in [0.25, 0.3) is 0 Å². The van der Waals surface area contributed by atoms with Gasteiger partial charge in [0, 0.05) is 15.2 Å². The standard InChI is InChI=1S/C12H13NOS/c1-12(2,3)15-11-5-4-9(8-14)6-10(11)7-13/h4-6,8H,1-3H3. The third kappa shape index (κ3) is 3.41. The van der Waals surface area contributed by atoms with E-state index in [9.17, 15) is 4.79 Å². The first-order valence-electron chi connectivity index (χ1n) is 4.64. The van der Waals surface area contributed by atoms with Crippen molar-refractivity contribution in [3.8, 4) is 6.07 Å². The van der Waals surface area contributed by atoms with Crippen LogP contribution in [0.4, 0.5) is 0 Å². The number of carbonyl (C=O) groups excluding carboxylic acids is 1. The minimum absolute atomic E-state index is 0.0638. The van der Waals surface area contributed by atoms with Crippen LogP contribution in [0.2, 0.25) is 0 Å². The highest BCUT2D eigenvalue weighted by molar-refractivity contribution is 8.00. The Labute approximate surface area is 94.3 Å². The Balaban J connectivity index is 3.10. The number of hydrogen-bond acceptors (Lipinski definition) is 3. The second-order valence-corrected chi connectivity index (χ2v) is 6.07. The van der Waals surface area contributed by atoms with E-state index >= 15 is 0 Å². The number of thioether (sulfide) groups is 1. The van der Waals surface area contributed by atoms with E-state index in [0.29, 0.717) is 11.1 Å². The van der Waals surface area contributed by atoms with E-state index in [1.165, 1.54) is 0 Å². The summed E-state index contributed by atoms with van der Waals surface area (Å²) in [5.74, 6) is 0. The van der Waals surface area contributed by atoms with E-state index in [2.05, 4.69) is 26.8 Å². The fourth-order valence-corrected chi connectivity index (χ4v) is 2.14. The molecule has 0 aromatic heterocycles. The second-order valence-electron chi connectivity index (χ2n) is 4.20. The van der Waals surface area contributed by atoms with Crippen LogP contribution in [0.1, 0.15) is 36.7 Å². The molecule has 1 aromatic rings. The maximum absolute atomic E-state index is 10.6. The molecule has 78 valence electrons. The molecule has 0 bridgehead atoms. The number of nitrogens with zero attached hydrogens (tertiary/aromatic N) is 1. The molecule has 0 heterocycles. The van der Waals surface area contributed by atoms with Gasteiger partial charge in [0.25, 0.3) is 0 Å². The molecule has 0 radical (unpaired) electrons. The van der Waals surface area contributed by atoms with Gasteiger partial charge in [-0.1, -0.05) is 26.8 Å². The summed E-state index contributed by atoms with van der Waals surface area (Å²) in [5.41, 5.74) is 1.12. The highest BCUT2D eigenvalue weighted by Crippen LogP contribution is 2.34. The van der Waals surface area contributed by atoms with Crippen molar-refractivity contribution in [3.63, 3.8) is 0 Å². The fraction of sp³-hybridized carbons (Fsp3) is 0.333. The smallest absolute Gasteiger partial charge is 0.150 e. The molecule has 2 nitrogen and oxygen atoms in total. The lowest BCUT2D eigenvalue weighted by Crippen LogP contribution is -2.07. The number of nitriles is 1. The number of carbonyl (C=O) groups is 1. The summed E-state index contributed by atoms with van der Waals surface area (Å²) >= 11 is 1.63. The third-order valence-corrected chi connectivity index (χ3v) is 2.86. The first kappa shape index (κ1) is 11.8. The number of aldehydes is 1. The topological polar surface area (TPSA) is 40.9 Å². The molecule has 0 N–H and O–H groups in total. The Kier molecular flexibility index (Phi) is 3.54. The predicted molar refractivity (Wildman–Crippen MR) is 62.2 cm³/mol. The van der Waals surface area contributed by atoms with E-state index in [0.717, 1.165) is 11.2 Å². The van der Waals surface area contributed by atoms with Crippen molar-refractivity contribution in [2.24, 2.45) is 0 Å². The number of rotatable bonds is 2. The summed E-state index contributed by atoms with van der Waals surface area (Å²) in [7, 11) is 0. The molecule has 0 unspecified atom stereocenters. The van der Waals surface area contributed by atoms with Crippen molar-refractivity contribution in [3.05, 3.63) is 29.3 Å². The van der Waals surface area contributed by atoms with Gasteiger partial charge in [-0.3, -0.25) is 4.79 Å². The van der Waals surface area contributed by atoms with Crippen molar-refractivity contribution >= 4 is 18.0 Å². The van der Waals surface area contributed by atoms with E-state index in [4.69, 9.17) is 5.26 Å². The lowest BCUT2D eigenvalue weighted by molar-refractivity contribution is 0.112. The number of hydrogen-bond donors (Lipinski definition) is 0. The molecular formula is C12H13NOS. The van der Waals surface area contributed by atoms with Gasteiger partial charge in [-0.25, -0.2) is 0 Å². The van der Waals surface area contributed by atoms with Crippen LogP contribution in [0, 0.1) is 11.3 Å². The summed E-state index contributed by atoms with van der Waals surface area (Å²) in [4.78, 5) is 11.5. The van der Waals surface area contributed by atoms with Gasteiger partial charge >= 0.3 is 0 Å². The Morgan fingerprint density at radius 1 is 1.40 bits per heavy atom. The minimum atomic E-state index is 0.0638. The highest BCUT2D eigenvalue weighted by Gasteiger charge is 2.14. The molecule has 0 atom stereocenters. The van der Waals surface area contributed by atoms with Crippen LogP contribution in [0.5, 0.6) is 0 Å². The minimum Gasteiger partial charge on any atom is -0.298 e. The van der Waals surface area contributed by atoms with Crippen LogP contribution < -0.4 is 0 Å². The maximum atomic E-state index is 10.6. The largest absolute Gasteiger partial charge is 0.298 e. The molecule has 0 saturated heterocycles. The molecule has 0 amide bonds. The summed E-state index contributed by atoms with van der Waals surface area (Å²) in [6.07, 6.45) is 0.756. The first-order valence-corrected chi connectivity index (χ1v) is 5.46. The van der Waals surface area contributed by atoms with Crippen LogP contribution in [-0.2, 0) is 0 Å². The van der Waals surface area contributed by atoms with E-state index < -0.39 is 0 Å². The van der Waals surface area contributed by atoms with Crippen molar-refractivity contribution in [1.82, 2.24) is 0 Å². The molecule has 15 heavy (non-hydrogen) atoms.